The Labute approximate surface area is 114 Å². The Balaban J connectivity index is 2.65. The Morgan fingerprint density at radius 3 is 2.05 bits per heavy atom. The fraction of sp³-hybridized carbons (Fsp3) is 0.500. The molecule has 0 amide bonds. The summed E-state index contributed by atoms with van der Waals surface area (Å²) in [5.41, 5.74) is 2.61. The van der Waals surface area contributed by atoms with Crippen molar-refractivity contribution in [1.82, 2.24) is 9.97 Å². The molecule has 0 unspecified atom stereocenters. The lowest BCUT2D eigenvalue weighted by atomic mass is 9.86. The second-order valence-corrected chi connectivity index (χ2v) is 7.08. The fourth-order valence-electron chi connectivity index (χ4n) is 1.97. The van der Waals surface area contributed by atoms with E-state index in [1.54, 1.807) is 6.20 Å². The minimum absolute atomic E-state index is 0.0830. The van der Waals surface area contributed by atoms with Crippen LogP contribution in [0.2, 0.25) is 0 Å². The van der Waals surface area contributed by atoms with Gasteiger partial charge in [-0.15, -0.1) is 0 Å². The van der Waals surface area contributed by atoms with Gasteiger partial charge < -0.3 is 0 Å². The van der Waals surface area contributed by atoms with Crippen molar-refractivity contribution in [3.63, 3.8) is 0 Å². The molecule has 1 heterocycles. The summed E-state index contributed by atoms with van der Waals surface area (Å²) in [6.07, 6.45) is 1.78. The summed E-state index contributed by atoms with van der Waals surface area (Å²) in [7, 11) is 0. The first-order valence-electron chi connectivity index (χ1n) is 6.56. The monoisotopic (exact) mass is 260 g/mol. The van der Waals surface area contributed by atoms with Crippen LogP contribution in [0.15, 0.2) is 18.3 Å². The molecular formula is C16H21FN2. The summed E-state index contributed by atoms with van der Waals surface area (Å²) >= 11 is 0. The maximum Gasteiger partial charge on any atom is 0.129 e. The van der Waals surface area contributed by atoms with Crippen molar-refractivity contribution < 1.29 is 4.39 Å². The van der Waals surface area contributed by atoms with Gasteiger partial charge in [-0.2, -0.15) is 0 Å². The van der Waals surface area contributed by atoms with E-state index in [2.05, 4.69) is 30.7 Å². The quantitative estimate of drug-likeness (QED) is 0.703. The molecule has 2 rings (SSSR count). The van der Waals surface area contributed by atoms with Crippen LogP contribution in [0.3, 0.4) is 0 Å². The Morgan fingerprint density at radius 2 is 1.53 bits per heavy atom. The lowest BCUT2D eigenvalue weighted by molar-refractivity contribution is 0.523. The molecule has 19 heavy (non-hydrogen) atoms. The van der Waals surface area contributed by atoms with Gasteiger partial charge in [-0.1, -0.05) is 41.5 Å². The first-order valence-corrected chi connectivity index (χ1v) is 6.56. The molecule has 0 N–H and O–H groups in total. The summed E-state index contributed by atoms with van der Waals surface area (Å²) in [5, 5.41) is 0. The topological polar surface area (TPSA) is 25.8 Å². The maximum absolute atomic E-state index is 14.2. The van der Waals surface area contributed by atoms with Gasteiger partial charge in [0.05, 0.1) is 16.7 Å². The number of fused-ring (bicyclic) bond motifs is 1. The highest BCUT2D eigenvalue weighted by Crippen LogP contribution is 2.29. The summed E-state index contributed by atoms with van der Waals surface area (Å²) in [6, 6.07) is 3.31. The molecule has 0 fully saturated rings. The molecule has 2 nitrogen and oxygen atoms in total. The standard InChI is InChI=1S/C16H21FN2/c1-15(2,3)10-7-12-13(8-11(10)17)19-14(9-18-12)16(4,5)6/h7-9H,1-6H3. The zero-order valence-electron chi connectivity index (χ0n) is 12.5. The number of hydrogen-bond acceptors (Lipinski definition) is 2. The summed E-state index contributed by atoms with van der Waals surface area (Å²) in [5.74, 6) is -0.208. The molecule has 1 aromatic heterocycles. The van der Waals surface area contributed by atoms with Gasteiger partial charge in [-0.25, -0.2) is 9.37 Å². The van der Waals surface area contributed by atoms with Gasteiger partial charge in [0.15, 0.2) is 0 Å². The van der Waals surface area contributed by atoms with Gasteiger partial charge in [0.25, 0.3) is 0 Å². The maximum atomic E-state index is 14.2. The largest absolute Gasteiger partial charge is 0.253 e. The molecule has 0 atom stereocenters. The van der Waals surface area contributed by atoms with E-state index < -0.39 is 0 Å². The SMILES string of the molecule is CC(C)(C)c1cnc2cc(C(C)(C)C)c(F)cc2n1. The number of aromatic nitrogens is 2. The lowest BCUT2D eigenvalue weighted by Crippen LogP contribution is -2.16. The van der Waals surface area contributed by atoms with Crippen molar-refractivity contribution in [3.05, 3.63) is 35.4 Å². The molecule has 1 aromatic carbocycles. The molecule has 0 aliphatic heterocycles. The number of halogens is 1. The van der Waals surface area contributed by atoms with Crippen LogP contribution in [-0.2, 0) is 10.8 Å². The van der Waals surface area contributed by atoms with E-state index >= 15 is 0 Å². The third-order valence-electron chi connectivity index (χ3n) is 3.21. The predicted molar refractivity (Wildman–Crippen MR) is 76.9 cm³/mol. The fourth-order valence-corrected chi connectivity index (χ4v) is 1.97. The first-order chi connectivity index (χ1) is 8.59. The third kappa shape index (κ3) is 2.75. The minimum Gasteiger partial charge on any atom is -0.253 e. The Morgan fingerprint density at radius 1 is 0.895 bits per heavy atom. The van der Waals surface area contributed by atoms with Crippen LogP contribution in [0.5, 0.6) is 0 Å². The predicted octanol–water partition coefficient (Wildman–Crippen LogP) is 4.36. The molecule has 102 valence electrons. The summed E-state index contributed by atoms with van der Waals surface area (Å²) in [4.78, 5) is 8.96. The van der Waals surface area contributed by atoms with Crippen molar-refractivity contribution in [2.24, 2.45) is 0 Å². The second kappa shape index (κ2) is 4.26. The van der Waals surface area contributed by atoms with E-state index in [4.69, 9.17) is 0 Å². The van der Waals surface area contributed by atoms with Gasteiger partial charge in [0.1, 0.15) is 5.82 Å². The number of hydrogen-bond donors (Lipinski definition) is 0. The van der Waals surface area contributed by atoms with Crippen molar-refractivity contribution in [3.8, 4) is 0 Å². The Kier molecular flexibility index (Phi) is 3.12. The molecule has 0 aliphatic carbocycles. The lowest BCUT2D eigenvalue weighted by Gasteiger charge is -2.21. The van der Waals surface area contributed by atoms with Gasteiger partial charge in [-0.05, 0) is 17.0 Å². The summed E-state index contributed by atoms with van der Waals surface area (Å²) < 4.78 is 14.2. The van der Waals surface area contributed by atoms with Crippen molar-refractivity contribution in [2.75, 3.05) is 0 Å². The van der Waals surface area contributed by atoms with Crippen molar-refractivity contribution in [2.45, 2.75) is 52.4 Å². The van der Waals surface area contributed by atoms with Gasteiger partial charge >= 0.3 is 0 Å². The van der Waals surface area contributed by atoms with E-state index in [9.17, 15) is 4.39 Å². The van der Waals surface area contributed by atoms with Gasteiger partial charge in [0, 0.05) is 17.7 Å². The average Bonchev–Trinajstić information content (AvgIpc) is 2.24. The van der Waals surface area contributed by atoms with Crippen LogP contribution >= 0.6 is 0 Å². The van der Waals surface area contributed by atoms with Crippen LogP contribution in [-0.4, -0.2) is 9.97 Å². The molecule has 2 aromatic rings. The third-order valence-corrected chi connectivity index (χ3v) is 3.21. The molecule has 3 heteroatoms. The van der Waals surface area contributed by atoms with Crippen LogP contribution in [0.4, 0.5) is 4.39 Å². The Bertz CT molecular complexity index is 619. The molecular weight excluding hydrogens is 239 g/mol. The second-order valence-electron chi connectivity index (χ2n) is 7.08. The Hall–Kier alpha value is -1.51. The average molecular weight is 260 g/mol. The van der Waals surface area contributed by atoms with E-state index in [1.165, 1.54) is 6.07 Å². The molecule has 0 spiro atoms. The van der Waals surface area contributed by atoms with Crippen LogP contribution in [0, 0.1) is 5.82 Å². The summed E-state index contributed by atoms with van der Waals surface area (Å²) in [6.45, 7) is 12.2. The zero-order chi connectivity index (χ0) is 14.4. The first kappa shape index (κ1) is 13.9. The number of rotatable bonds is 0. The number of benzene rings is 1. The van der Waals surface area contributed by atoms with E-state index in [0.717, 1.165) is 11.2 Å². The zero-order valence-corrected chi connectivity index (χ0v) is 12.5. The highest BCUT2D eigenvalue weighted by molar-refractivity contribution is 5.75. The van der Waals surface area contributed by atoms with E-state index in [0.29, 0.717) is 11.1 Å². The number of nitrogens with zero attached hydrogens (tertiary/aromatic N) is 2. The highest BCUT2D eigenvalue weighted by atomic mass is 19.1. The van der Waals surface area contributed by atoms with Gasteiger partial charge in [-0.3, -0.25) is 4.98 Å². The van der Waals surface area contributed by atoms with Crippen LogP contribution in [0.1, 0.15) is 52.8 Å². The van der Waals surface area contributed by atoms with E-state index in [1.807, 2.05) is 26.8 Å². The smallest absolute Gasteiger partial charge is 0.129 e. The van der Waals surface area contributed by atoms with Crippen LogP contribution in [0.25, 0.3) is 11.0 Å². The van der Waals surface area contributed by atoms with E-state index in [-0.39, 0.29) is 16.6 Å². The molecule has 0 saturated carbocycles. The molecule has 0 bridgehead atoms. The van der Waals surface area contributed by atoms with Gasteiger partial charge in [0.2, 0.25) is 0 Å². The highest BCUT2D eigenvalue weighted by Gasteiger charge is 2.21. The van der Waals surface area contributed by atoms with Crippen LogP contribution < -0.4 is 0 Å². The van der Waals surface area contributed by atoms with Crippen molar-refractivity contribution in [1.29, 1.82) is 0 Å². The molecule has 0 radical (unpaired) electrons. The molecule has 0 aliphatic rings. The minimum atomic E-state index is -0.233. The molecule has 0 saturated heterocycles. The van der Waals surface area contributed by atoms with Crippen molar-refractivity contribution >= 4 is 11.0 Å². The normalized spacial score (nSPS) is 13.0.